The van der Waals surface area contributed by atoms with Gasteiger partial charge in [0.2, 0.25) is 5.95 Å². The lowest BCUT2D eigenvalue weighted by Gasteiger charge is -1.95. The molecule has 0 fully saturated rings. The number of nitrogen functional groups attached to an aromatic ring is 1. The van der Waals surface area contributed by atoms with E-state index in [4.69, 9.17) is 5.73 Å². The average Bonchev–Trinajstić information content (AvgIpc) is 2.06. The molecule has 0 radical (unpaired) electrons. The Morgan fingerprint density at radius 1 is 1.29 bits per heavy atom. The van der Waals surface area contributed by atoms with Crippen LogP contribution in [0.3, 0.4) is 0 Å². The molecule has 74 valence electrons. The van der Waals surface area contributed by atoms with E-state index in [-0.39, 0.29) is 22.6 Å². The number of hydrogen-bond donors (Lipinski definition) is 3. The third-order valence-corrected chi connectivity index (χ3v) is 1.48. The van der Waals surface area contributed by atoms with Crippen LogP contribution in [0.15, 0.2) is 15.8 Å². The van der Waals surface area contributed by atoms with Gasteiger partial charge in [0.1, 0.15) is 0 Å². The molecule has 0 aromatic carbocycles. The SMILES string of the molecule is Nc1nc(=O)c2[nH]c(=O)cnc2[nH]1.O. The first-order chi connectivity index (χ1) is 6.16. The molecule has 8 nitrogen and oxygen atoms in total. The number of nitrogens with zero attached hydrogens (tertiary/aromatic N) is 2. The quantitative estimate of drug-likeness (QED) is 0.436. The summed E-state index contributed by atoms with van der Waals surface area (Å²) in [5.41, 5.74) is 4.46. The summed E-state index contributed by atoms with van der Waals surface area (Å²) in [6.45, 7) is 0. The maximum absolute atomic E-state index is 11.1. The van der Waals surface area contributed by atoms with Gasteiger partial charge >= 0.3 is 5.56 Å². The lowest BCUT2D eigenvalue weighted by molar-refractivity contribution is 0.824. The maximum atomic E-state index is 11.1. The molecular weight excluding hydrogens is 190 g/mol. The van der Waals surface area contributed by atoms with Gasteiger partial charge in [0.05, 0.1) is 6.20 Å². The lowest BCUT2D eigenvalue weighted by Crippen LogP contribution is -2.17. The number of aromatic amines is 2. The van der Waals surface area contributed by atoms with Crippen LogP contribution in [0.1, 0.15) is 0 Å². The van der Waals surface area contributed by atoms with Gasteiger partial charge in [-0.15, -0.1) is 0 Å². The van der Waals surface area contributed by atoms with Crippen LogP contribution in [-0.4, -0.2) is 25.4 Å². The van der Waals surface area contributed by atoms with E-state index in [9.17, 15) is 9.59 Å². The van der Waals surface area contributed by atoms with E-state index in [1.807, 2.05) is 0 Å². The molecule has 8 heteroatoms. The Morgan fingerprint density at radius 3 is 2.71 bits per heavy atom. The Morgan fingerprint density at radius 2 is 2.00 bits per heavy atom. The van der Waals surface area contributed by atoms with Gasteiger partial charge in [-0.1, -0.05) is 0 Å². The molecule has 0 saturated heterocycles. The third-order valence-electron chi connectivity index (χ3n) is 1.48. The van der Waals surface area contributed by atoms with E-state index in [1.54, 1.807) is 0 Å². The van der Waals surface area contributed by atoms with Gasteiger partial charge in [-0.25, -0.2) is 4.98 Å². The van der Waals surface area contributed by atoms with E-state index in [1.165, 1.54) is 0 Å². The molecule has 6 N–H and O–H groups in total. The Bertz CT molecular complexity index is 571. The summed E-state index contributed by atoms with van der Waals surface area (Å²) >= 11 is 0. The first kappa shape index (κ1) is 9.86. The highest BCUT2D eigenvalue weighted by Gasteiger charge is 2.02. The van der Waals surface area contributed by atoms with Crippen molar-refractivity contribution in [1.29, 1.82) is 0 Å². The highest BCUT2D eigenvalue weighted by atomic mass is 16.1. The first-order valence-corrected chi connectivity index (χ1v) is 3.41. The normalized spacial score (nSPS) is 9.71. The van der Waals surface area contributed by atoms with E-state index in [2.05, 4.69) is 19.9 Å². The standard InChI is InChI=1S/C6H5N5O2.H2O/c7-6-10-4-3(5(13)11-6)9-2(12)1-8-4;/h1H,(H,9,12)(H3,7,8,10,11,13);1H2. The van der Waals surface area contributed by atoms with Crippen LogP contribution in [0.2, 0.25) is 0 Å². The van der Waals surface area contributed by atoms with Crippen LogP contribution >= 0.6 is 0 Å². The van der Waals surface area contributed by atoms with Gasteiger partial charge < -0.3 is 21.2 Å². The topological polar surface area (TPSA) is 149 Å². The summed E-state index contributed by atoms with van der Waals surface area (Å²) in [5.74, 6) is -0.0305. The van der Waals surface area contributed by atoms with Crippen molar-refractivity contribution in [2.75, 3.05) is 5.73 Å². The number of nitrogens with one attached hydrogen (secondary N) is 2. The Kier molecular flexibility index (Phi) is 2.30. The summed E-state index contributed by atoms with van der Waals surface area (Å²) in [6, 6.07) is 0. The molecular formula is C6H7N5O3. The molecule has 14 heavy (non-hydrogen) atoms. The molecule has 2 heterocycles. The van der Waals surface area contributed by atoms with Gasteiger partial charge in [-0.3, -0.25) is 9.59 Å². The molecule has 0 aliphatic heterocycles. The van der Waals surface area contributed by atoms with Crippen molar-refractivity contribution in [2.45, 2.75) is 0 Å². The van der Waals surface area contributed by atoms with Crippen molar-refractivity contribution in [1.82, 2.24) is 19.9 Å². The van der Waals surface area contributed by atoms with Gasteiger partial charge in [0, 0.05) is 0 Å². The predicted octanol–water partition coefficient (Wildman–Crippen LogP) is -2.24. The second kappa shape index (κ2) is 3.26. The van der Waals surface area contributed by atoms with Gasteiger partial charge in [0.25, 0.3) is 5.56 Å². The Labute approximate surface area is 76.1 Å². The second-order valence-corrected chi connectivity index (χ2v) is 2.40. The number of anilines is 1. The van der Waals surface area contributed by atoms with Crippen molar-refractivity contribution in [3.05, 3.63) is 26.9 Å². The van der Waals surface area contributed by atoms with Gasteiger partial charge in [0.15, 0.2) is 11.2 Å². The summed E-state index contributed by atoms with van der Waals surface area (Å²) in [7, 11) is 0. The monoisotopic (exact) mass is 197 g/mol. The highest BCUT2D eigenvalue weighted by Crippen LogP contribution is 1.96. The third kappa shape index (κ3) is 1.45. The minimum Gasteiger partial charge on any atom is -0.412 e. The number of nitrogens with two attached hydrogens (primary N) is 1. The lowest BCUT2D eigenvalue weighted by atomic mass is 10.5. The molecule has 2 aromatic heterocycles. The van der Waals surface area contributed by atoms with Crippen molar-refractivity contribution >= 4 is 17.1 Å². The summed E-state index contributed by atoms with van der Waals surface area (Å²) in [6.07, 6.45) is 1.05. The molecule has 2 rings (SSSR count). The number of aromatic nitrogens is 4. The smallest absolute Gasteiger partial charge is 0.300 e. The predicted molar refractivity (Wildman–Crippen MR) is 48.8 cm³/mol. The zero-order valence-electron chi connectivity index (χ0n) is 6.87. The minimum atomic E-state index is -0.601. The fourth-order valence-electron chi connectivity index (χ4n) is 0.966. The van der Waals surface area contributed by atoms with E-state index in [0.717, 1.165) is 6.20 Å². The van der Waals surface area contributed by atoms with E-state index >= 15 is 0 Å². The molecule has 0 aliphatic rings. The number of rotatable bonds is 0. The summed E-state index contributed by atoms with van der Waals surface area (Å²) < 4.78 is 0. The van der Waals surface area contributed by atoms with Gasteiger partial charge in [-0.05, 0) is 0 Å². The van der Waals surface area contributed by atoms with Crippen LogP contribution in [0.4, 0.5) is 5.95 Å². The molecule has 0 saturated carbocycles. The fraction of sp³-hybridized carbons (Fsp3) is 0. The van der Waals surface area contributed by atoms with Crippen LogP contribution in [0.5, 0.6) is 0 Å². The molecule has 0 bridgehead atoms. The second-order valence-electron chi connectivity index (χ2n) is 2.40. The summed E-state index contributed by atoms with van der Waals surface area (Å²) in [4.78, 5) is 33.9. The van der Waals surface area contributed by atoms with Gasteiger partial charge in [-0.2, -0.15) is 4.98 Å². The average molecular weight is 197 g/mol. The van der Waals surface area contributed by atoms with Crippen LogP contribution in [0, 0.1) is 0 Å². The molecule has 0 aliphatic carbocycles. The van der Waals surface area contributed by atoms with Crippen molar-refractivity contribution < 1.29 is 5.48 Å². The molecule has 0 unspecified atom stereocenters. The molecule has 2 aromatic rings. The minimum absolute atomic E-state index is 0. The van der Waals surface area contributed by atoms with Crippen LogP contribution < -0.4 is 16.9 Å². The van der Waals surface area contributed by atoms with Crippen LogP contribution in [0.25, 0.3) is 11.2 Å². The number of hydrogen-bond acceptors (Lipinski definition) is 5. The van der Waals surface area contributed by atoms with Crippen molar-refractivity contribution in [3.63, 3.8) is 0 Å². The Balaban J connectivity index is 0.000000980. The molecule has 0 atom stereocenters. The highest BCUT2D eigenvalue weighted by molar-refractivity contribution is 5.68. The number of fused-ring (bicyclic) bond motifs is 1. The van der Waals surface area contributed by atoms with Crippen molar-refractivity contribution in [3.8, 4) is 0 Å². The summed E-state index contributed by atoms with van der Waals surface area (Å²) in [5, 5.41) is 0. The fourth-order valence-corrected chi connectivity index (χ4v) is 0.966. The molecule has 0 amide bonds. The largest absolute Gasteiger partial charge is 0.412 e. The van der Waals surface area contributed by atoms with E-state index in [0.29, 0.717) is 0 Å². The number of H-pyrrole nitrogens is 2. The van der Waals surface area contributed by atoms with E-state index < -0.39 is 11.1 Å². The maximum Gasteiger partial charge on any atom is 0.300 e. The molecule has 0 spiro atoms. The zero-order chi connectivity index (χ0) is 9.42. The van der Waals surface area contributed by atoms with Crippen molar-refractivity contribution in [2.24, 2.45) is 0 Å². The van der Waals surface area contributed by atoms with Crippen LogP contribution in [-0.2, 0) is 0 Å². The zero-order valence-corrected chi connectivity index (χ0v) is 6.87. The Hall–Kier alpha value is -2.22. The first-order valence-electron chi connectivity index (χ1n) is 3.41.